The number of hydrogen-bond acceptors (Lipinski definition) is 6. The first kappa shape index (κ1) is 35.9. The number of amidine groups is 1. The Hall–Kier alpha value is -2.53. The van der Waals surface area contributed by atoms with Crippen LogP contribution in [0.3, 0.4) is 0 Å². The van der Waals surface area contributed by atoms with Crippen molar-refractivity contribution in [3.63, 3.8) is 0 Å². The number of rotatable bonds is 13. The van der Waals surface area contributed by atoms with Gasteiger partial charge in [-0.1, -0.05) is 52.0 Å². The van der Waals surface area contributed by atoms with Crippen LogP contribution in [0.15, 0.2) is 29.4 Å². The number of piperidine rings is 1. The predicted octanol–water partition coefficient (Wildman–Crippen LogP) is 7.63. The fourth-order valence-electron chi connectivity index (χ4n) is 5.89. The summed E-state index contributed by atoms with van der Waals surface area (Å²) in [5, 5.41) is -0.720. The van der Waals surface area contributed by atoms with Crippen molar-refractivity contribution >= 4 is 27.6 Å². The zero-order valence-corrected chi connectivity index (χ0v) is 28.5. The van der Waals surface area contributed by atoms with Gasteiger partial charge in [0.25, 0.3) is 10.0 Å². The van der Waals surface area contributed by atoms with E-state index in [9.17, 15) is 13.2 Å². The summed E-state index contributed by atoms with van der Waals surface area (Å²) in [6.45, 7) is 14.8. The first-order valence-electron chi connectivity index (χ1n) is 15.9. The normalized spacial score (nSPS) is 17.5. The Bertz CT molecular complexity index is 1310. The van der Waals surface area contributed by atoms with Crippen LogP contribution >= 0.6 is 0 Å². The molecule has 1 aromatic carbocycles. The van der Waals surface area contributed by atoms with Gasteiger partial charge in [0.1, 0.15) is 17.0 Å². The number of carbonyl (C=O) groups is 1. The summed E-state index contributed by atoms with van der Waals surface area (Å²) in [6, 6.07) is 3.20. The van der Waals surface area contributed by atoms with Gasteiger partial charge in [-0.3, -0.25) is 9.89 Å². The summed E-state index contributed by atoms with van der Waals surface area (Å²) >= 11 is 0. The number of aryl methyl sites for hydroxylation is 2. The van der Waals surface area contributed by atoms with Gasteiger partial charge in [-0.25, -0.2) is 13.2 Å². The SMILES string of the molecule is C=C1NC(CCCCCCCCC)=NC12CCN(S(=O)(=O)C(F)(F)Cc1c(C)cc(N(C)C(=O)OC(C)(C)C)cc1C)CC2. The van der Waals surface area contributed by atoms with Crippen LogP contribution in [-0.2, 0) is 21.2 Å². The summed E-state index contributed by atoms with van der Waals surface area (Å²) in [5.41, 5.74) is 1.04. The Morgan fingerprint density at radius 1 is 1.07 bits per heavy atom. The van der Waals surface area contributed by atoms with Gasteiger partial charge in [0.15, 0.2) is 0 Å². The highest BCUT2D eigenvalue weighted by molar-refractivity contribution is 7.90. The zero-order chi connectivity index (χ0) is 32.9. The summed E-state index contributed by atoms with van der Waals surface area (Å²) < 4.78 is 64.1. The van der Waals surface area contributed by atoms with E-state index in [1.807, 2.05) is 0 Å². The number of benzene rings is 1. The Labute approximate surface area is 263 Å². The largest absolute Gasteiger partial charge is 0.443 e. The van der Waals surface area contributed by atoms with E-state index in [1.165, 1.54) is 37.0 Å². The standard InChI is InChI=1S/C33H52F2N4O4S/c1-9-10-11-12-13-14-15-16-29-36-26(4)32(37-29)17-19-39(20-18-32)44(41,42)33(34,35)23-28-24(2)21-27(22-25(28)3)38(8)30(40)43-31(5,6)7/h21-22H,4,9-20,23H2,1-3,5-8H3,(H,36,37). The van der Waals surface area contributed by atoms with Crippen LogP contribution in [0.5, 0.6) is 0 Å². The number of hydrogen-bond donors (Lipinski definition) is 1. The highest BCUT2D eigenvalue weighted by atomic mass is 32.2. The van der Waals surface area contributed by atoms with E-state index in [1.54, 1.807) is 53.8 Å². The Morgan fingerprint density at radius 3 is 2.16 bits per heavy atom. The fraction of sp³-hybridized carbons (Fsp3) is 0.697. The molecule has 2 aliphatic heterocycles. The van der Waals surface area contributed by atoms with Gasteiger partial charge in [0.2, 0.25) is 0 Å². The molecule has 0 aromatic heterocycles. The summed E-state index contributed by atoms with van der Waals surface area (Å²) in [7, 11) is -3.40. The Kier molecular flexibility index (Phi) is 11.7. The number of ether oxygens (including phenoxy) is 1. The van der Waals surface area contributed by atoms with Crippen molar-refractivity contribution in [3.8, 4) is 0 Å². The maximum Gasteiger partial charge on any atom is 0.414 e. The van der Waals surface area contributed by atoms with Crippen molar-refractivity contribution in [1.82, 2.24) is 9.62 Å². The lowest BCUT2D eigenvalue weighted by molar-refractivity contribution is 0.0589. The molecule has 8 nitrogen and oxygen atoms in total. The van der Waals surface area contributed by atoms with E-state index < -0.39 is 38.9 Å². The third-order valence-corrected chi connectivity index (χ3v) is 10.6. The second kappa shape index (κ2) is 14.3. The molecule has 0 unspecified atom stereocenters. The lowest BCUT2D eigenvalue weighted by Gasteiger charge is -2.38. The van der Waals surface area contributed by atoms with Crippen LogP contribution in [0, 0.1) is 13.8 Å². The number of nitrogens with zero attached hydrogens (tertiary/aromatic N) is 3. The van der Waals surface area contributed by atoms with Gasteiger partial charge in [0, 0.05) is 37.9 Å². The van der Waals surface area contributed by atoms with E-state index >= 15 is 8.78 Å². The van der Waals surface area contributed by atoms with Crippen LogP contribution in [0.1, 0.15) is 109 Å². The molecule has 0 saturated carbocycles. The molecule has 1 saturated heterocycles. The summed E-state index contributed by atoms with van der Waals surface area (Å²) in [5.74, 6) is 0.858. The molecule has 2 aliphatic rings. The van der Waals surface area contributed by atoms with Crippen LogP contribution in [-0.4, -0.2) is 61.2 Å². The molecule has 3 rings (SSSR count). The average molecular weight is 639 g/mol. The summed E-state index contributed by atoms with van der Waals surface area (Å²) in [6.07, 6.45) is 8.25. The first-order chi connectivity index (χ1) is 20.4. The average Bonchev–Trinajstić information content (AvgIpc) is 3.22. The van der Waals surface area contributed by atoms with Crippen molar-refractivity contribution < 1.29 is 26.7 Å². The molecule has 0 atom stereocenters. The number of carbonyl (C=O) groups excluding carboxylic acids is 1. The number of nitrogens with one attached hydrogen (secondary N) is 1. The number of amides is 1. The maximum atomic E-state index is 15.6. The van der Waals surface area contributed by atoms with Crippen LogP contribution in [0.25, 0.3) is 0 Å². The molecule has 2 heterocycles. The third-order valence-electron chi connectivity index (χ3n) is 8.61. The molecular weight excluding hydrogens is 586 g/mol. The number of alkyl halides is 2. The van der Waals surface area contributed by atoms with Crippen LogP contribution in [0.4, 0.5) is 19.3 Å². The predicted molar refractivity (Wildman–Crippen MR) is 174 cm³/mol. The zero-order valence-electron chi connectivity index (χ0n) is 27.7. The van der Waals surface area contributed by atoms with Gasteiger partial charge >= 0.3 is 11.3 Å². The minimum absolute atomic E-state index is 0.0512. The van der Waals surface area contributed by atoms with Gasteiger partial charge in [-0.2, -0.15) is 13.1 Å². The molecule has 0 aliphatic carbocycles. The lowest BCUT2D eigenvalue weighted by Crippen LogP contribution is -2.51. The molecule has 248 valence electrons. The lowest BCUT2D eigenvalue weighted by atomic mass is 9.87. The minimum atomic E-state index is -4.94. The van der Waals surface area contributed by atoms with Crippen molar-refractivity contribution in [2.24, 2.45) is 4.99 Å². The van der Waals surface area contributed by atoms with E-state index in [0.717, 1.165) is 35.1 Å². The van der Waals surface area contributed by atoms with E-state index in [2.05, 4.69) is 18.8 Å². The van der Waals surface area contributed by atoms with Gasteiger partial charge < -0.3 is 10.1 Å². The Morgan fingerprint density at radius 2 is 1.61 bits per heavy atom. The van der Waals surface area contributed by atoms with E-state index in [0.29, 0.717) is 29.7 Å². The molecule has 0 radical (unpaired) electrons. The highest BCUT2D eigenvalue weighted by Crippen LogP contribution is 2.40. The summed E-state index contributed by atoms with van der Waals surface area (Å²) in [4.78, 5) is 18.7. The van der Waals surface area contributed by atoms with Gasteiger partial charge in [-0.05, 0) is 82.7 Å². The Balaban J connectivity index is 1.64. The van der Waals surface area contributed by atoms with E-state index in [-0.39, 0.29) is 18.7 Å². The highest BCUT2D eigenvalue weighted by Gasteiger charge is 2.52. The van der Waals surface area contributed by atoms with E-state index in [4.69, 9.17) is 9.73 Å². The first-order valence-corrected chi connectivity index (χ1v) is 17.4. The van der Waals surface area contributed by atoms with Crippen molar-refractivity contribution in [3.05, 3.63) is 41.1 Å². The molecule has 1 amide bonds. The monoisotopic (exact) mass is 638 g/mol. The molecule has 1 spiro atoms. The maximum absolute atomic E-state index is 15.6. The molecule has 1 fully saturated rings. The molecule has 11 heteroatoms. The number of halogens is 2. The van der Waals surface area contributed by atoms with Crippen LogP contribution < -0.4 is 10.2 Å². The van der Waals surface area contributed by atoms with Crippen LogP contribution in [0.2, 0.25) is 0 Å². The second-order valence-corrected chi connectivity index (χ2v) is 15.4. The quantitative estimate of drug-likeness (QED) is 0.224. The molecular formula is C33H52F2N4O4S. The minimum Gasteiger partial charge on any atom is -0.443 e. The molecule has 1 aromatic rings. The molecule has 0 bridgehead atoms. The van der Waals surface area contributed by atoms with Gasteiger partial charge in [0.05, 0.1) is 6.42 Å². The molecule has 44 heavy (non-hydrogen) atoms. The van der Waals surface area contributed by atoms with Crippen molar-refractivity contribution in [2.75, 3.05) is 25.0 Å². The number of anilines is 1. The van der Waals surface area contributed by atoms with Crippen molar-refractivity contribution in [2.45, 2.75) is 129 Å². The molecule has 1 N–H and O–H groups in total. The number of unbranched alkanes of at least 4 members (excludes halogenated alkanes) is 6. The smallest absolute Gasteiger partial charge is 0.414 e. The third kappa shape index (κ3) is 8.59. The second-order valence-electron chi connectivity index (χ2n) is 13.4. The number of sulfonamides is 1. The van der Waals surface area contributed by atoms with Crippen molar-refractivity contribution in [1.29, 1.82) is 0 Å². The topological polar surface area (TPSA) is 91.3 Å². The van der Waals surface area contributed by atoms with Gasteiger partial charge in [-0.15, -0.1) is 0 Å². The number of aliphatic imine (C=N–C) groups is 1. The fourth-order valence-corrected chi connectivity index (χ4v) is 7.25.